The van der Waals surface area contributed by atoms with Crippen molar-refractivity contribution in [3.8, 4) is 0 Å². The van der Waals surface area contributed by atoms with Crippen LogP contribution in [0.2, 0.25) is 0 Å². The van der Waals surface area contributed by atoms with E-state index in [2.05, 4.69) is 98.8 Å². The van der Waals surface area contributed by atoms with Crippen LogP contribution in [-0.2, 0) is 0 Å². The van der Waals surface area contributed by atoms with Crippen molar-refractivity contribution in [2.24, 2.45) is 5.10 Å². The Balaban J connectivity index is 1.88. The van der Waals surface area contributed by atoms with E-state index in [-0.39, 0.29) is 0 Å². The molecule has 2 aromatic rings. The molecular weight excluding hydrogens is 318 g/mol. The second-order valence-corrected chi connectivity index (χ2v) is 7.10. The van der Waals surface area contributed by atoms with Gasteiger partial charge in [0.1, 0.15) is 0 Å². The minimum Gasteiger partial charge on any atom is -0.377 e. The number of hydrazone groups is 1. The summed E-state index contributed by atoms with van der Waals surface area (Å²) in [4.78, 5) is 2.17. The van der Waals surface area contributed by atoms with Gasteiger partial charge in [-0.25, -0.2) is 0 Å². The van der Waals surface area contributed by atoms with E-state index in [0.717, 1.165) is 17.7 Å². The quantitative estimate of drug-likeness (QED) is 0.589. The molecule has 1 N–H and O–H groups in total. The van der Waals surface area contributed by atoms with Crippen molar-refractivity contribution in [3.05, 3.63) is 82.1 Å². The maximum Gasteiger partial charge on any atom is 0.0620 e. The van der Waals surface area contributed by atoms with Crippen LogP contribution in [0.1, 0.15) is 34.2 Å². The maximum absolute atomic E-state index is 4.53. The third-order valence-electron chi connectivity index (χ3n) is 4.73. The van der Waals surface area contributed by atoms with E-state index in [1.165, 1.54) is 33.5 Å². The summed E-state index contributed by atoms with van der Waals surface area (Å²) in [5.41, 5.74) is 13.0. The van der Waals surface area contributed by atoms with Crippen LogP contribution in [0.25, 0.3) is 5.57 Å². The van der Waals surface area contributed by atoms with Gasteiger partial charge in [0.2, 0.25) is 0 Å². The summed E-state index contributed by atoms with van der Waals surface area (Å²) in [6, 6.07) is 12.8. The lowest BCUT2D eigenvalue weighted by molar-refractivity contribution is 0.533. The first-order valence-electron chi connectivity index (χ1n) is 9.00. The van der Waals surface area contributed by atoms with Gasteiger partial charge in [0, 0.05) is 25.4 Å². The molecule has 0 saturated heterocycles. The number of likely N-dealkylation sites (N-methyl/N-ethyl adjacent to an activating group) is 1. The summed E-state index contributed by atoms with van der Waals surface area (Å²) in [5.74, 6) is 0. The fourth-order valence-electron chi connectivity index (χ4n) is 3.57. The number of benzene rings is 2. The van der Waals surface area contributed by atoms with Gasteiger partial charge < -0.3 is 4.90 Å². The van der Waals surface area contributed by atoms with Crippen molar-refractivity contribution in [2.75, 3.05) is 19.5 Å². The zero-order chi connectivity index (χ0) is 18.7. The third-order valence-corrected chi connectivity index (χ3v) is 4.73. The minimum absolute atomic E-state index is 0.960. The molecule has 3 nitrogen and oxygen atoms in total. The maximum atomic E-state index is 4.53. The highest BCUT2D eigenvalue weighted by Crippen LogP contribution is 2.31. The van der Waals surface area contributed by atoms with E-state index < -0.39 is 0 Å². The van der Waals surface area contributed by atoms with Crippen molar-refractivity contribution in [3.63, 3.8) is 0 Å². The van der Waals surface area contributed by atoms with Gasteiger partial charge in [-0.15, -0.1) is 0 Å². The van der Waals surface area contributed by atoms with E-state index >= 15 is 0 Å². The number of allylic oxidation sites excluding steroid dienone is 3. The SMILES string of the molecule is Cc1cc(C)c(N/N=C/c2ccccc2C2=C(N(C)C)C=CC2)c(C)c1. The fourth-order valence-corrected chi connectivity index (χ4v) is 3.57. The summed E-state index contributed by atoms with van der Waals surface area (Å²) in [6.45, 7) is 6.35. The van der Waals surface area contributed by atoms with E-state index in [0.29, 0.717) is 0 Å². The first-order chi connectivity index (χ1) is 12.5. The van der Waals surface area contributed by atoms with E-state index in [1.54, 1.807) is 0 Å². The zero-order valence-corrected chi connectivity index (χ0v) is 16.3. The minimum atomic E-state index is 0.960. The van der Waals surface area contributed by atoms with Crippen molar-refractivity contribution in [1.29, 1.82) is 0 Å². The Morgan fingerprint density at radius 2 is 1.73 bits per heavy atom. The molecule has 0 fully saturated rings. The van der Waals surface area contributed by atoms with Crippen LogP contribution in [0.5, 0.6) is 0 Å². The summed E-state index contributed by atoms with van der Waals surface area (Å²) in [6.07, 6.45) is 7.30. The standard InChI is InChI=1S/C23H27N3/c1-16-13-17(2)23(18(3)14-16)25-24-15-19-9-6-7-10-20(19)21-11-8-12-22(21)26(4)5/h6-10,12-15,25H,11H2,1-5H3/b24-15+. The molecule has 2 aromatic carbocycles. The largest absolute Gasteiger partial charge is 0.377 e. The van der Waals surface area contributed by atoms with Crippen molar-refractivity contribution >= 4 is 17.5 Å². The first-order valence-corrected chi connectivity index (χ1v) is 9.00. The van der Waals surface area contributed by atoms with Crippen molar-refractivity contribution < 1.29 is 0 Å². The normalized spacial score (nSPS) is 13.7. The number of nitrogens with zero attached hydrogens (tertiary/aromatic N) is 2. The topological polar surface area (TPSA) is 27.6 Å². The summed E-state index contributed by atoms with van der Waals surface area (Å²) < 4.78 is 0. The van der Waals surface area contributed by atoms with Crippen LogP contribution < -0.4 is 5.43 Å². The molecule has 134 valence electrons. The highest BCUT2D eigenvalue weighted by atomic mass is 15.3. The number of nitrogens with one attached hydrogen (secondary N) is 1. The Hall–Kier alpha value is -2.81. The van der Waals surface area contributed by atoms with Crippen LogP contribution in [-0.4, -0.2) is 25.2 Å². The lowest BCUT2D eigenvalue weighted by Crippen LogP contribution is -2.10. The average Bonchev–Trinajstić information content (AvgIpc) is 3.07. The molecule has 0 amide bonds. The zero-order valence-electron chi connectivity index (χ0n) is 16.3. The average molecular weight is 345 g/mol. The highest BCUT2D eigenvalue weighted by Gasteiger charge is 2.15. The third kappa shape index (κ3) is 3.72. The van der Waals surface area contributed by atoms with Gasteiger partial charge in [0.05, 0.1) is 11.9 Å². The molecule has 0 spiro atoms. The number of rotatable bonds is 5. The molecule has 0 aromatic heterocycles. The Morgan fingerprint density at radius 3 is 2.42 bits per heavy atom. The smallest absolute Gasteiger partial charge is 0.0620 e. The first kappa shape index (κ1) is 18.0. The van der Waals surface area contributed by atoms with Gasteiger partial charge in [0.25, 0.3) is 0 Å². The molecule has 1 aliphatic rings. The highest BCUT2D eigenvalue weighted by molar-refractivity contribution is 5.90. The number of anilines is 1. The fraction of sp³-hybridized carbons (Fsp3) is 0.261. The second-order valence-electron chi connectivity index (χ2n) is 7.10. The molecule has 0 aliphatic heterocycles. The van der Waals surface area contributed by atoms with Crippen molar-refractivity contribution in [2.45, 2.75) is 27.2 Å². The van der Waals surface area contributed by atoms with E-state index in [4.69, 9.17) is 0 Å². The van der Waals surface area contributed by atoms with Crippen LogP contribution >= 0.6 is 0 Å². The Morgan fingerprint density at radius 1 is 1.04 bits per heavy atom. The number of hydrogen-bond donors (Lipinski definition) is 1. The van der Waals surface area contributed by atoms with Gasteiger partial charge in [-0.1, -0.05) is 48.0 Å². The molecule has 0 atom stereocenters. The van der Waals surface area contributed by atoms with Crippen molar-refractivity contribution in [1.82, 2.24) is 4.90 Å². The lowest BCUT2D eigenvalue weighted by Gasteiger charge is -2.17. The summed E-state index contributed by atoms with van der Waals surface area (Å²) in [7, 11) is 4.18. The molecule has 1 aliphatic carbocycles. The molecule has 0 bridgehead atoms. The van der Waals surface area contributed by atoms with Crippen LogP contribution in [0, 0.1) is 20.8 Å². The van der Waals surface area contributed by atoms with Gasteiger partial charge in [-0.2, -0.15) is 5.10 Å². The van der Waals surface area contributed by atoms with Crippen LogP contribution in [0.3, 0.4) is 0 Å². The monoisotopic (exact) mass is 345 g/mol. The summed E-state index contributed by atoms with van der Waals surface area (Å²) >= 11 is 0. The molecule has 0 saturated carbocycles. The summed E-state index contributed by atoms with van der Waals surface area (Å²) in [5, 5.41) is 4.53. The lowest BCUT2D eigenvalue weighted by atomic mass is 9.98. The molecule has 26 heavy (non-hydrogen) atoms. The van der Waals surface area contributed by atoms with Gasteiger partial charge in [0.15, 0.2) is 0 Å². The molecule has 3 heteroatoms. The van der Waals surface area contributed by atoms with Crippen LogP contribution in [0.15, 0.2) is 59.3 Å². The van der Waals surface area contributed by atoms with E-state index in [9.17, 15) is 0 Å². The predicted octanol–water partition coefficient (Wildman–Crippen LogP) is 5.29. The number of aryl methyl sites for hydroxylation is 3. The Bertz CT molecular complexity index is 878. The molecule has 0 unspecified atom stereocenters. The predicted molar refractivity (Wildman–Crippen MR) is 113 cm³/mol. The van der Waals surface area contributed by atoms with Gasteiger partial charge >= 0.3 is 0 Å². The Kier molecular flexibility index (Phi) is 5.27. The second kappa shape index (κ2) is 7.61. The van der Waals surface area contributed by atoms with Gasteiger partial charge in [-0.3, -0.25) is 5.43 Å². The van der Waals surface area contributed by atoms with Gasteiger partial charge in [-0.05, 0) is 55.5 Å². The molecule has 0 radical (unpaired) electrons. The van der Waals surface area contributed by atoms with Crippen LogP contribution in [0.4, 0.5) is 5.69 Å². The Labute approximate surface area is 156 Å². The van der Waals surface area contributed by atoms with E-state index in [1.807, 2.05) is 6.21 Å². The molecular formula is C23H27N3. The molecule has 0 heterocycles. The number of hydrogen-bond acceptors (Lipinski definition) is 3. The molecule has 3 rings (SSSR count).